The molecule has 0 spiro atoms. The first-order valence-corrected chi connectivity index (χ1v) is 9.44. The molecule has 2 aromatic carbocycles. The number of ketones is 1. The quantitative estimate of drug-likeness (QED) is 0.634. The van der Waals surface area contributed by atoms with Crippen molar-refractivity contribution in [2.24, 2.45) is 0 Å². The van der Waals surface area contributed by atoms with E-state index in [1.807, 2.05) is 4.90 Å². The molecule has 1 saturated heterocycles. The molecule has 27 heavy (non-hydrogen) atoms. The largest absolute Gasteiger partial charge is 0.366 e. The summed E-state index contributed by atoms with van der Waals surface area (Å²) in [4.78, 5) is 15.5. The van der Waals surface area contributed by atoms with Crippen LogP contribution in [0.25, 0.3) is 0 Å². The molecule has 1 N–H and O–H groups in total. The molecule has 0 aromatic heterocycles. The molecular formula is C21H24FN3OS. The summed E-state index contributed by atoms with van der Waals surface area (Å²) in [5, 5.41) is 3.99. The van der Waals surface area contributed by atoms with E-state index in [-0.39, 0.29) is 11.6 Å². The van der Waals surface area contributed by atoms with Crippen LogP contribution in [-0.4, -0.2) is 42.0 Å². The van der Waals surface area contributed by atoms with E-state index in [0.717, 1.165) is 5.69 Å². The number of Topliss-reactive ketones (excluding diaryl/α,β-unsaturated/α-hetero) is 1. The molecule has 0 atom stereocenters. The number of hydrogen-bond donors (Lipinski definition) is 1. The normalized spacial score (nSPS) is 14.2. The maximum atomic E-state index is 14.4. The van der Waals surface area contributed by atoms with Gasteiger partial charge in [-0.3, -0.25) is 4.79 Å². The number of carbonyl (C=O) groups excluding carboxylic acids is 1. The van der Waals surface area contributed by atoms with Gasteiger partial charge in [-0.25, -0.2) is 4.39 Å². The minimum absolute atomic E-state index is 0.131. The number of benzene rings is 2. The first-order chi connectivity index (χ1) is 12.8. The van der Waals surface area contributed by atoms with Crippen LogP contribution < -0.4 is 10.2 Å². The highest BCUT2D eigenvalue weighted by molar-refractivity contribution is 7.80. The smallest absolute Gasteiger partial charge is 0.173 e. The highest BCUT2D eigenvalue weighted by Gasteiger charge is 2.21. The van der Waals surface area contributed by atoms with E-state index in [9.17, 15) is 9.18 Å². The minimum atomic E-state index is -0.355. The highest BCUT2D eigenvalue weighted by Crippen LogP contribution is 2.23. The van der Waals surface area contributed by atoms with Crippen molar-refractivity contribution in [3.63, 3.8) is 0 Å². The van der Waals surface area contributed by atoms with Gasteiger partial charge in [0.25, 0.3) is 0 Å². The molecule has 0 saturated carbocycles. The Morgan fingerprint density at radius 3 is 2.22 bits per heavy atom. The Morgan fingerprint density at radius 1 is 1.04 bits per heavy atom. The van der Waals surface area contributed by atoms with Gasteiger partial charge in [-0.2, -0.15) is 0 Å². The van der Waals surface area contributed by atoms with Gasteiger partial charge in [-0.1, -0.05) is 6.07 Å². The Hall–Kier alpha value is -2.47. The first kappa shape index (κ1) is 19.3. The molecule has 1 heterocycles. The summed E-state index contributed by atoms with van der Waals surface area (Å²) in [6, 6.07) is 10.9. The Labute approximate surface area is 165 Å². The zero-order valence-electron chi connectivity index (χ0n) is 15.9. The second kappa shape index (κ2) is 8.05. The fourth-order valence-electron chi connectivity index (χ4n) is 3.38. The van der Waals surface area contributed by atoms with E-state index < -0.39 is 0 Å². The van der Waals surface area contributed by atoms with Crippen molar-refractivity contribution in [2.75, 3.05) is 36.4 Å². The molecule has 2 aromatic rings. The number of hydrogen-bond acceptors (Lipinski definition) is 3. The lowest BCUT2D eigenvalue weighted by Gasteiger charge is -2.37. The van der Waals surface area contributed by atoms with Gasteiger partial charge < -0.3 is 15.1 Å². The summed E-state index contributed by atoms with van der Waals surface area (Å²) in [5.41, 5.74) is 4.30. The number of rotatable bonds is 3. The Morgan fingerprint density at radius 2 is 1.67 bits per heavy atom. The van der Waals surface area contributed by atoms with Crippen molar-refractivity contribution >= 4 is 34.5 Å². The van der Waals surface area contributed by atoms with Crippen molar-refractivity contribution in [3.05, 3.63) is 58.9 Å². The maximum Gasteiger partial charge on any atom is 0.173 e. The highest BCUT2D eigenvalue weighted by atomic mass is 32.1. The first-order valence-electron chi connectivity index (χ1n) is 9.03. The standard InChI is InChI=1S/C21H24FN3OS/c1-14-10-15(2)12-18(11-14)23-21(27)25-8-6-24(7-9-25)20-5-4-17(16(3)26)13-19(20)22/h4-5,10-13H,6-9H2,1-3H3,(H,23,27). The molecule has 6 heteroatoms. The number of halogens is 1. The zero-order valence-corrected chi connectivity index (χ0v) is 16.7. The van der Waals surface area contributed by atoms with Crippen molar-refractivity contribution in [1.82, 2.24) is 4.90 Å². The van der Waals surface area contributed by atoms with E-state index in [0.29, 0.717) is 42.5 Å². The van der Waals surface area contributed by atoms with Crippen LogP contribution in [0.4, 0.5) is 15.8 Å². The summed E-state index contributed by atoms with van der Waals surface area (Å²) in [5.74, 6) is -0.486. The molecule has 4 nitrogen and oxygen atoms in total. The summed E-state index contributed by atoms with van der Waals surface area (Å²) in [7, 11) is 0. The fraction of sp³-hybridized carbons (Fsp3) is 0.333. The second-order valence-corrected chi connectivity index (χ2v) is 7.39. The number of carbonyl (C=O) groups is 1. The van der Waals surface area contributed by atoms with Gasteiger partial charge in [0.15, 0.2) is 10.9 Å². The maximum absolute atomic E-state index is 14.4. The molecule has 1 aliphatic rings. The average Bonchev–Trinajstić information content (AvgIpc) is 2.60. The topological polar surface area (TPSA) is 35.6 Å². The summed E-state index contributed by atoms with van der Waals surface area (Å²) < 4.78 is 14.4. The molecule has 0 amide bonds. The molecule has 142 valence electrons. The molecule has 3 rings (SSSR count). The van der Waals surface area contributed by atoms with E-state index in [1.165, 1.54) is 24.1 Å². The second-order valence-electron chi connectivity index (χ2n) is 7.00. The number of thiocarbonyl (C=S) groups is 1. The van der Waals surface area contributed by atoms with Gasteiger partial charge in [0, 0.05) is 37.4 Å². The molecule has 0 aliphatic carbocycles. The van der Waals surface area contributed by atoms with Crippen molar-refractivity contribution in [2.45, 2.75) is 20.8 Å². The van der Waals surface area contributed by atoms with Gasteiger partial charge in [0.1, 0.15) is 5.82 Å². The minimum Gasteiger partial charge on any atom is -0.366 e. The number of nitrogens with one attached hydrogen (secondary N) is 1. The summed E-state index contributed by atoms with van der Waals surface area (Å²) in [6.07, 6.45) is 0. The number of piperazine rings is 1. The summed E-state index contributed by atoms with van der Waals surface area (Å²) >= 11 is 5.55. The third-order valence-corrected chi connectivity index (χ3v) is 5.09. The average molecular weight is 386 g/mol. The zero-order chi connectivity index (χ0) is 19.6. The number of anilines is 2. The van der Waals surface area contributed by atoms with E-state index >= 15 is 0 Å². The predicted octanol–water partition coefficient (Wildman–Crippen LogP) is 4.16. The van der Waals surface area contributed by atoms with Crippen LogP contribution in [0, 0.1) is 19.7 Å². The Balaban J connectivity index is 1.61. The van der Waals surface area contributed by atoms with Gasteiger partial charge >= 0.3 is 0 Å². The van der Waals surface area contributed by atoms with Gasteiger partial charge in [-0.15, -0.1) is 0 Å². The third kappa shape index (κ3) is 4.63. The SMILES string of the molecule is CC(=O)c1ccc(N2CCN(C(=S)Nc3cc(C)cc(C)c3)CC2)c(F)c1. The molecule has 0 bridgehead atoms. The van der Waals surface area contributed by atoms with Gasteiger partial charge in [-0.05, 0) is 74.4 Å². The van der Waals surface area contributed by atoms with Crippen molar-refractivity contribution < 1.29 is 9.18 Å². The molecule has 0 radical (unpaired) electrons. The van der Waals surface area contributed by atoms with Gasteiger partial charge in [0.05, 0.1) is 5.69 Å². The Kier molecular flexibility index (Phi) is 5.75. The van der Waals surface area contributed by atoms with Crippen LogP contribution >= 0.6 is 12.2 Å². The van der Waals surface area contributed by atoms with Crippen LogP contribution in [0.2, 0.25) is 0 Å². The van der Waals surface area contributed by atoms with E-state index in [4.69, 9.17) is 12.2 Å². The van der Waals surface area contributed by atoms with Crippen LogP contribution in [0.1, 0.15) is 28.4 Å². The lowest BCUT2D eigenvalue weighted by molar-refractivity contribution is 0.101. The van der Waals surface area contributed by atoms with Crippen molar-refractivity contribution in [3.8, 4) is 0 Å². The molecule has 1 aliphatic heterocycles. The molecular weight excluding hydrogens is 361 g/mol. The Bertz CT molecular complexity index is 855. The lowest BCUT2D eigenvalue weighted by atomic mass is 10.1. The van der Waals surface area contributed by atoms with Crippen LogP contribution in [0.3, 0.4) is 0 Å². The number of aryl methyl sites for hydroxylation is 2. The van der Waals surface area contributed by atoms with Crippen LogP contribution in [0.5, 0.6) is 0 Å². The molecule has 1 fully saturated rings. The number of nitrogens with zero attached hydrogens (tertiary/aromatic N) is 2. The monoisotopic (exact) mass is 385 g/mol. The van der Waals surface area contributed by atoms with Crippen LogP contribution in [0.15, 0.2) is 36.4 Å². The third-order valence-electron chi connectivity index (χ3n) is 4.73. The van der Waals surface area contributed by atoms with E-state index in [2.05, 4.69) is 42.3 Å². The fourth-order valence-corrected chi connectivity index (χ4v) is 3.68. The van der Waals surface area contributed by atoms with Crippen LogP contribution in [-0.2, 0) is 0 Å². The van der Waals surface area contributed by atoms with E-state index in [1.54, 1.807) is 12.1 Å². The molecule has 0 unspecified atom stereocenters. The van der Waals surface area contributed by atoms with Crippen molar-refractivity contribution in [1.29, 1.82) is 0 Å². The van der Waals surface area contributed by atoms with Gasteiger partial charge in [0.2, 0.25) is 0 Å². The summed E-state index contributed by atoms with van der Waals surface area (Å²) in [6.45, 7) is 8.33. The lowest BCUT2D eigenvalue weighted by Crippen LogP contribution is -2.50. The predicted molar refractivity (Wildman–Crippen MR) is 112 cm³/mol.